The summed E-state index contributed by atoms with van der Waals surface area (Å²) in [5.74, 6) is 0.457. The first-order chi connectivity index (χ1) is 8.99. The van der Waals surface area contributed by atoms with E-state index in [2.05, 4.69) is 13.8 Å². The quantitative estimate of drug-likeness (QED) is 0.857. The number of hydrogen-bond donors (Lipinski definition) is 1. The van der Waals surface area contributed by atoms with Crippen molar-refractivity contribution in [2.75, 3.05) is 13.1 Å². The van der Waals surface area contributed by atoms with Gasteiger partial charge in [0.2, 0.25) is 0 Å². The van der Waals surface area contributed by atoms with Crippen molar-refractivity contribution >= 4 is 5.91 Å². The molecule has 0 saturated heterocycles. The van der Waals surface area contributed by atoms with Crippen molar-refractivity contribution in [2.24, 2.45) is 0 Å². The average molecular weight is 263 g/mol. The van der Waals surface area contributed by atoms with Crippen LogP contribution in [0, 0.1) is 0 Å². The van der Waals surface area contributed by atoms with Gasteiger partial charge in [-0.3, -0.25) is 4.79 Å². The molecule has 1 N–H and O–H groups in total. The lowest BCUT2D eigenvalue weighted by molar-refractivity contribution is 0.0630. The van der Waals surface area contributed by atoms with Gasteiger partial charge in [0.15, 0.2) is 0 Å². The first-order valence-electron chi connectivity index (χ1n) is 7.06. The van der Waals surface area contributed by atoms with E-state index in [4.69, 9.17) is 0 Å². The van der Waals surface area contributed by atoms with Crippen LogP contribution in [-0.4, -0.2) is 35.1 Å². The molecule has 0 aliphatic rings. The molecule has 0 aliphatic heterocycles. The molecule has 19 heavy (non-hydrogen) atoms. The highest BCUT2D eigenvalue weighted by atomic mass is 16.3. The van der Waals surface area contributed by atoms with Crippen LogP contribution in [0.5, 0.6) is 0 Å². The maximum atomic E-state index is 12.3. The number of nitrogens with zero attached hydrogens (tertiary/aromatic N) is 1. The summed E-state index contributed by atoms with van der Waals surface area (Å²) in [6.45, 7) is 9.13. The fourth-order valence-electron chi connectivity index (χ4n) is 1.93. The Morgan fingerprint density at radius 2 is 1.79 bits per heavy atom. The molecule has 1 rings (SSSR count). The van der Waals surface area contributed by atoms with Gasteiger partial charge in [0.1, 0.15) is 0 Å². The fraction of sp³-hybridized carbons (Fsp3) is 0.562. The van der Waals surface area contributed by atoms with E-state index in [1.54, 1.807) is 4.90 Å². The van der Waals surface area contributed by atoms with Crippen molar-refractivity contribution in [3.05, 3.63) is 35.4 Å². The summed E-state index contributed by atoms with van der Waals surface area (Å²) in [7, 11) is 0. The van der Waals surface area contributed by atoms with E-state index in [0.717, 1.165) is 0 Å². The molecule has 0 aliphatic carbocycles. The van der Waals surface area contributed by atoms with Crippen LogP contribution in [0.4, 0.5) is 0 Å². The number of hydrogen-bond acceptors (Lipinski definition) is 2. The molecular weight excluding hydrogens is 238 g/mol. The van der Waals surface area contributed by atoms with Crippen molar-refractivity contribution in [3.63, 3.8) is 0 Å². The van der Waals surface area contributed by atoms with E-state index < -0.39 is 6.10 Å². The van der Waals surface area contributed by atoms with Gasteiger partial charge in [-0.15, -0.1) is 0 Å². The predicted molar refractivity (Wildman–Crippen MR) is 78.4 cm³/mol. The van der Waals surface area contributed by atoms with E-state index in [0.29, 0.717) is 31.0 Å². The van der Waals surface area contributed by atoms with Crippen LogP contribution in [0.1, 0.15) is 56.0 Å². The van der Waals surface area contributed by atoms with E-state index >= 15 is 0 Å². The molecule has 0 heterocycles. The molecule has 0 aromatic heterocycles. The Balaban J connectivity index is 2.79. The largest absolute Gasteiger partial charge is 0.391 e. The van der Waals surface area contributed by atoms with E-state index in [-0.39, 0.29) is 5.91 Å². The smallest absolute Gasteiger partial charge is 0.253 e. The summed E-state index contributed by atoms with van der Waals surface area (Å²) in [6.07, 6.45) is 0.217. The third-order valence-electron chi connectivity index (χ3n) is 3.40. The van der Waals surface area contributed by atoms with Gasteiger partial charge in [0.25, 0.3) is 5.91 Å². The minimum atomic E-state index is -0.446. The van der Waals surface area contributed by atoms with Gasteiger partial charge in [-0.1, -0.05) is 32.9 Å². The van der Waals surface area contributed by atoms with E-state index in [9.17, 15) is 9.90 Å². The first-order valence-corrected chi connectivity index (χ1v) is 7.06. The highest BCUT2D eigenvalue weighted by Gasteiger charge is 2.16. The third-order valence-corrected chi connectivity index (χ3v) is 3.40. The number of aliphatic hydroxyl groups excluding tert-OH is 1. The SMILES string of the molecule is CCC(O)CN(CC)C(=O)c1ccc(C(C)C)cc1. The zero-order valence-corrected chi connectivity index (χ0v) is 12.4. The molecular formula is C16H25NO2. The molecule has 1 unspecified atom stereocenters. The number of carbonyl (C=O) groups is 1. The normalized spacial score (nSPS) is 12.5. The van der Waals surface area contributed by atoms with Crippen LogP contribution in [0.15, 0.2) is 24.3 Å². The molecule has 0 bridgehead atoms. The lowest BCUT2D eigenvalue weighted by Gasteiger charge is -2.23. The highest BCUT2D eigenvalue weighted by molar-refractivity contribution is 5.94. The number of amides is 1. The van der Waals surface area contributed by atoms with Crippen molar-refractivity contribution < 1.29 is 9.90 Å². The minimum absolute atomic E-state index is 0.00898. The molecule has 1 atom stereocenters. The molecule has 3 nitrogen and oxygen atoms in total. The molecule has 0 saturated carbocycles. The fourth-order valence-corrected chi connectivity index (χ4v) is 1.93. The molecule has 0 spiro atoms. The van der Waals surface area contributed by atoms with Gasteiger partial charge in [-0.2, -0.15) is 0 Å². The van der Waals surface area contributed by atoms with Crippen LogP contribution in [-0.2, 0) is 0 Å². The standard InChI is InChI=1S/C16H25NO2/c1-5-15(18)11-17(6-2)16(19)14-9-7-13(8-10-14)12(3)4/h7-10,12,15,18H,5-6,11H2,1-4H3. The van der Waals surface area contributed by atoms with Crippen LogP contribution < -0.4 is 0 Å². The second kappa shape index (κ2) is 7.29. The first kappa shape index (κ1) is 15.7. The molecule has 1 amide bonds. The number of carbonyl (C=O) groups excluding carboxylic acids is 1. The van der Waals surface area contributed by atoms with Gasteiger partial charge in [0, 0.05) is 18.7 Å². The zero-order valence-electron chi connectivity index (χ0n) is 12.4. The molecule has 1 aromatic rings. The predicted octanol–water partition coefficient (Wildman–Crippen LogP) is 3.04. The lowest BCUT2D eigenvalue weighted by atomic mass is 10.0. The summed E-state index contributed by atoms with van der Waals surface area (Å²) < 4.78 is 0. The Kier molecular flexibility index (Phi) is 6.03. The molecule has 0 fully saturated rings. The van der Waals surface area contributed by atoms with Gasteiger partial charge in [-0.25, -0.2) is 0 Å². The van der Waals surface area contributed by atoms with E-state index in [1.807, 2.05) is 38.1 Å². The minimum Gasteiger partial charge on any atom is -0.391 e. The molecule has 106 valence electrons. The van der Waals surface area contributed by atoms with Crippen LogP contribution in [0.3, 0.4) is 0 Å². The van der Waals surface area contributed by atoms with Crippen LogP contribution in [0.2, 0.25) is 0 Å². The Bertz CT molecular complexity index is 398. The summed E-state index contributed by atoms with van der Waals surface area (Å²) >= 11 is 0. The maximum absolute atomic E-state index is 12.3. The second-order valence-corrected chi connectivity index (χ2v) is 5.18. The van der Waals surface area contributed by atoms with Crippen molar-refractivity contribution in [1.82, 2.24) is 4.90 Å². The number of likely N-dealkylation sites (N-methyl/N-ethyl adjacent to an activating group) is 1. The van der Waals surface area contributed by atoms with Crippen molar-refractivity contribution in [3.8, 4) is 0 Å². The Hall–Kier alpha value is -1.35. The molecule has 0 radical (unpaired) electrons. The number of aliphatic hydroxyl groups is 1. The zero-order chi connectivity index (χ0) is 14.4. The maximum Gasteiger partial charge on any atom is 0.253 e. The summed E-state index contributed by atoms with van der Waals surface area (Å²) in [4.78, 5) is 14.0. The molecule has 3 heteroatoms. The topological polar surface area (TPSA) is 40.5 Å². The Labute approximate surface area is 116 Å². The lowest BCUT2D eigenvalue weighted by Crippen LogP contribution is -2.37. The molecule has 1 aromatic carbocycles. The Morgan fingerprint density at radius 3 is 2.21 bits per heavy atom. The van der Waals surface area contributed by atoms with Gasteiger partial charge >= 0.3 is 0 Å². The monoisotopic (exact) mass is 263 g/mol. The third kappa shape index (κ3) is 4.35. The number of rotatable bonds is 6. The van der Waals surface area contributed by atoms with Crippen molar-refractivity contribution in [1.29, 1.82) is 0 Å². The van der Waals surface area contributed by atoms with Crippen LogP contribution >= 0.6 is 0 Å². The van der Waals surface area contributed by atoms with Gasteiger partial charge in [-0.05, 0) is 37.0 Å². The second-order valence-electron chi connectivity index (χ2n) is 5.18. The van der Waals surface area contributed by atoms with Crippen LogP contribution in [0.25, 0.3) is 0 Å². The summed E-state index contributed by atoms with van der Waals surface area (Å²) in [5.41, 5.74) is 1.92. The Morgan fingerprint density at radius 1 is 1.21 bits per heavy atom. The highest BCUT2D eigenvalue weighted by Crippen LogP contribution is 2.16. The average Bonchev–Trinajstić information content (AvgIpc) is 2.43. The summed E-state index contributed by atoms with van der Waals surface area (Å²) in [6, 6.07) is 7.75. The summed E-state index contributed by atoms with van der Waals surface area (Å²) in [5, 5.41) is 9.68. The van der Waals surface area contributed by atoms with Gasteiger partial charge in [0.05, 0.1) is 6.10 Å². The van der Waals surface area contributed by atoms with Crippen molar-refractivity contribution in [2.45, 2.75) is 46.1 Å². The van der Waals surface area contributed by atoms with Gasteiger partial charge < -0.3 is 10.0 Å². The number of benzene rings is 1. The van der Waals surface area contributed by atoms with E-state index in [1.165, 1.54) is 5.56 Å².